The fraction of sp³-hybridized carbons (Fsp3) is 0.409. The summed E-state index contributed by atoms with van der Waals surface area (Å²) in [7, 11) is 0. The van der Waals surface area contributed by atoms with Crippen LogP contribution in [-0.4, -0.2) is 30.5 Å². The van der Waals surface area contributed by atoms with Gasteiger partial charge in [-0.05, 0) is 30.9 Å². The Hall–Kier alpha value is -2.33. The van der Waals surface area contributed by atoms with Gasteiger partial charge in [0.25, 0.3) is 5.91 Å². The molecule has 2 aromatic carbocycles. The zero-order valence-electron chi connectivity index (χ0n) is 15.5. The lowest BCUT2D eigenvalue weighted by Crippen LogP contribution is -2.32. The van der Waals surface area contributed by atoms with Gasteiger partial charge in [-0.2, -0.15) is 0 Å². The Balaban J connectivity index is 1.63. The molecule has 0 bridgehead atoms. The molecule has 1 N–H and O–H groups in total. The average molecular weight is 352 g/mol. The number of likely N-dealkylation sites (tertiary alicyclic amines) is 1. The molecule has 1 amide bonds. The Labute approximate surface area is 156 Å². The molecule has 1 atom stereocenters. The summed E-state index contributed by atoms with van der Waals surface area (Å²) in [6.45, 7) is 4.81. The van der Waals surface area contributed by atoms with E-state index in [9.17, 15) is 4.79 Å². The number of carbonyl (C=O) groups excluding carboxylic acids is 1. The van der Waals surface area contributed by atoms with Crippen molar-refractivity contribution in [2.75, 3.05) is 19.7 Å². The van der Waals surface area contributed by atoms with E-state index in [1.165, 1.54) is 5.56 Å². The van der Waals surface area contributed by atoms with E-state index in [-0.39, 0.29) is 18.6 Å². The summed E-state index contributed by atoms with van der Waals surface area (Å²) in [5, 5.41) is 3.61. The van der Waals surface area contributed by atoms with Crippen molar-refractivity contribution in [3.63, 3.8) is 0 Å². The highest BCUT2D eigenvalue weighted by Gasteiger charge is 2.19. The second kappa shape index (κ2) is 9.39. The lowest BCUT2D eigenvalue weighted by atomic mass is 10.0. The van der Waals surface area contributed by atoms with Gasteiger partial charge in [0.1, 0.15) is 5.75 Å². The number of hydrogen-bond donors (Lipinski definition) is 1. The molecule has 2 aromatic rings. The van der Waals surface area contributed by atoms with E-state index in [1.54, 1.807) is 0 Å². The normalized spacial score (nSPS) is 15.0. The van der Waals surface area contributed by atoms with E-state index in [4.69, 9.17) is 4.74 Å². The number of rotatable bonds is 8. The van der Waals surface area contributed by atoms with Crippen molar-refractivity contribution < 1.29 is 9.53 Å². The van der Waals surface area contributed by atoms with Crippen molar-refractivity contribution in [2.45, 2.75) is 38.8 Å². The Bertz CT molecular complexity index is 696. The molecule has 1 aliphatic rings. The summed E-state index contributed by atoms with van der Waals surface area (Å²) in [5.41, 5.74) is 2.37. The zero-order valence-corrected chi connectivity index (χ0v) is 15.5. The summed E-state index contributed by atoms with van der Waals surface area (Å²) < 4.78 is 5.91. The maximum Gasteiger partial charge on any atom is 0.260 e. The Morgan fingerprint density at radius 3 is 2.50 bits per heavy atom. The first-order valence-electron chi connectivity index (χ1n) is 9.54. The summed E-state index contributed by atoms with van der Waals surface area (Å²) >= 11 is 0. The highest BCUT2D eigenvalue weighted by molar-refractivity contribution is 5.78. The highest BCUT2D eigenvalue weighted by atomic mass is 16.5. The fourth-order valence-corrected chi connectivity index (χ4v) is 3.41. The predicted molar refractivity (Wildman–Crippen MR) is 104 cm³/mol. The molecule has 4 nitrogen and oxygen atoms in total. The third-order valence-electron chi connectivity index (χ3n) is 4.91. The second-order valence-corrected chi connectivity index (χ2v) is 6.74. The Kier molecular flexibility index (Phi) is 6.67. The smallest absolute Gasteiger partial charge is 0.260 e. The van der Waals surface area contributed by atoms with Crippen LogP contribution in [0, 0.1) is 0 Å². The van der Waals surface area contributed by atoms with Crippen LogP contribution in [0.15, 0.2) is 54.6 Å². The van der Waals surface area contributed by atoms with Crippen molar-refractivity contribution in [3.8, 4) is 5.75 Å². The molecular weight excluding hydrogens is 324 g/mol. The van der Waals surface area contributed by atoms with Gasteiger partial charge in [0.05, 0.1) is 0 Å². The minimum atomic E-state index is 0.0857. The van der Waals surface area contributed by atoms with Gasteiger partial charge in [-0.1, -0.05) is 55.5 Å². The monoisotopic (exact) mass is 352 g/mol. The fourth-order valence-electron chi connectivity index (χ4n) is 3.41. The van der Waals surface area contributed by atoms with Crippen molar-refractivity contribution in [2.24, 2.45) is 0 Å². The van der Waals surface area contributed by atoms with Crippen LogP contribution in [-0.2, 0) is 11.3 Å². The number of para-hydroxylation sites is 1. The van der Waals surface area contributed by atoms with Crippen LogP contribution >= 0.6 is 0 Å². The summed E-state index contributed by atoms with van der Waals surface area (Å²) in [6.07, 6.45) is 3.15. The Morgan fingerprint density at radius 2 is 1.77 bits per heavy atom. The molecule has 138 valence electrons. The molecule has 0 aliphatic carbocycles. The largest absolute Gasteiger partial charge is 0.483 e. The van der Waals surface area contributed by atoms with E-state index >= 15 is 0 Å². The van der Waals surface area contributed by atoms with E-state index in [2.05, 4.69) is 42.6 Å². The molecule has 1 saturated heterocycles. The average Bonchev–Trinajstić information content (AvgIpc) is 3.23. The van der Waals surface area contributed by atoms with Crippen molar-refractivity contribution in [3.05, 3.63) is 65.7 Å². The number of nitrogens with one attached hydrogen (secondary N) is 1. The first-order chi connectivity index (χ1) is 12.8. The molecule has 0 radical (unpaired) electrons. The number of benzene rings is 2. The van der Waals surface area contributed by atoms with Gasteiger partial charge in [0.15, 0.2) is 6.61 Å². The van der Waals surface area contributed by atoms with Crippen LogP contribution in [0.3, 0.4) is 0 Å². The topological polar surface area (TPSA) is 41.6 Å². The molecule has 1 heterocycles. The molecule has 0 aromatic heterocycles. The number of carbonyl (C=O) groups is 1. The number of ether oxygens (including phenoxy) is 1. The number of amides is 1. The van der Waals surface area contributed by atoms with E-state index in [0.29, 0.717) is 0 Å². The molecule has 0 spiro atoms. The van der Waals surface area contributed by atoms with Gasteiger partial charge >= 0.3 is 0 Å². The summed E-state index contributed by atoms with van der Waals surface area (Å²) in [4.78, 5) is 14.2. The van der Waals surface area contributed by atoms with Gasteiger partial charge < -0.3 is 15.0 Å². The minimum Gasteiger partial charge on any atom is -0.483 e. The summed E-state index contributed by atoms with van der Waals surface area (Å²) in [6, 6.07) is 18.6. The molecular formula is C22H28N2O2. The highest BCUT2D eigenvalue weighted by Crippen LogP contribution is 2.27. The standard InChI is InChI=1S/C22H28N2O2/c1-2-20(23-16-18-10-4-3-5-11-18)19-12-6-7-13-21(19)26-17-22(25)24-14-8-9-15-24/h3-7,10-13,20,23H,2,8-9,14-17H2,1H3. The van der Waals surface area contributed by atoms with Crippen molar-refractivity contribution >= 4 is 5.91 Å². The molecule has 0 saturated carbocycles. The number of hydrogen-bond acceptors (Lipinski definition) is 3. The first-order valence-corrected chi connectivity index (χ1v) is 9.54. The second-order valence-electron chi connectivity index (χ2n) is 6.74. The van der Waals surface area contributed by atoms with Crippen LogP contribution in [0.4, 0.5) is 0 Å². The SMILES string of the molecule is CCC(NCc1ccccc1)c1ccccc1OCC(=O)N1CCCC1. The van der Waals surface area contributed by atoms with Gasteiger partial charge in [-0.3, -0.25) is 4.79 Å². The third-order valence-corrected chi connectivity index (χ3v) is 4.91. The number of nitrogens with zero attached hydrogens (tertiary/aromatic N) is 1. The quantitative estimate of drug-likeness (QED) is 0.783. The maximum absolute atomic E-state index is 12.3. The minimum absolute atomic E-state index is 0.0857. The first kappa shape index (κ1) is 18.5. The van der Waals surface area contributed by atoms with E-state index in [0.717, 1.165) is 50.2 Å². The molecule has 1 unspecified atom stereocenters. The van der Waals surface area contributed by atoms with Gasteiger partial charge in [-0.15, -0.1) is 0 Å². The van der Waals surface area contributed by atoms with Crippen molar-refractivity contribution in [1.82, 2.24) is 10.2 Å². The van der Waals surface area contributed by atoms with Gasteiger partial charge in [-0.25, -0.2) is 0 Å². The van der Waals surface area contributed by atoms with Gasteiger partial charge in [0, 0.05) is 31.2 Å². The molecule has 1 fully saturated rings. The van der Waals surface area contributed by atoms with Crippen LogP contribution in [0.5, 0.6) is 5.75 Å². The summed E-state index contributed by atoms with van der Waals surface area (Å²) in [5.74, 6) is 0.884. The van der Waals surface area contributed by atoms with E-state index < -0.39 is 0 Å². The zero-order chi connectivity index (χ0) is 18.2. The lowest BCUT2D eigenvalue weighted by molar-refractivity contribution is -0.132. The predicted octanol–water partition coefficient (Wildman–Crippen LogP) is 3.93. The van der Waals surface area contributed by atoms with Crippen molar-refractivity contribution in [1.29, 1.82) is 0 Å². The molecule has 1 aliphatic heterocycles. The Morgan fingerprint density at radius 1 is 1.08 bits per heavy atom. The maximum atomic E-state index is 12.3. The van der Waals surface area contributed by atoms with Crippen LogP contribution in [0.2, 0.25) is 0 Å². The van der Waals surface area contributed by atoms with Gasteiger partial charge in [0.2, 0.25) is 0 Å². The molecule has 4 heteroatoms. The van der Waals surface area contributed by atoms with Crippen LogP contribution in [0.25, 0.3) is 0 Å². The lowest BCUT2D eigenvalue weighted by Gasteiger charge is -2.22. The molecule has 3 rings (SSSR count). The molecule has 26 heavy (non-hydrogen) atoms. The van der Waals surface area contributed by atoms with Crippen LogP contribution < -0.4 is 10.1 Å². The van der Waals surface area contributed by atoms with Crippen LogP contribution in [0.1, 0.15) is 43.4 Å². The van der Waals surface area contributed by atoms with E-state index in [1.807, 2.05) is 29.2 Å². The third kappa shape index (κ3) is 4.85.